The third-order valence-electron chi connectivity index (χ3n) is 8.70. The number of nitrogens with one attached hydrogen (secondary N) is 3. The molecule has 0 saturated heterocycles. The molecule has 6 rings (SSSR count). The van der Waals surface area contributed by atoms with E-state index in [1.807, 2.05) is 36.4 Å². The number of hydrogen-bond acceptors (Lipinski definition) is 8. The lowest BCUT2D eigenvalue weighted by atomic mass is 9.83. The first-order valence-corrected chi connectivity index (χ1v) is 19.0. The van der Waals surface area contributed by atoms with Crippen LogP contribution in [0.25, 0.3) is 6.08 Å². The highest BCUT2D eigenvalue weighted by atomic mass is 32.2. The maximum absolute atomic E-state index is 13.6. The van der Waals surface area contributed by atoms with E-state index >= 15 is 0 Å². The average molecular weight is 746 g/mol. The van der Waals surface area contributed by atoms with Crippen LogP contribution >= 0.6 is 23.1 Å². The zero-order valence-electron chi connectivity index (χ0n) is 29.3. The molecule has 1 aliphatic carbocycles. The number of anilines is 2. The van der Waals surface area contributed by atoms with Gasteiger partial charge in [0.15, 0.2) is 0 Å². The summed E-state index contributed by atoms with van der Waals surface area (Å²) in [6, 6.07) is 33.3. The molecule has 270 valence electrons. The summed E-state index contributed by atoms with van der Waals surface area (Å²) in [6.07, 6.45) is 4.00. The quantitative estimate of drug-likeness (QED) is 0.0629. The van der Waals surface area contributed by atoms with E-state index in [0.29, 0.717) is 39.0 Å². The highest BCUT2D eigenvalue weighted by Gasteiger charge is 2.31. The Hall–Kier alpha value is -5.65. The zero-order chi connectivity index (χ0) is 37.2. The van der Waals surface area contributed by atoms with Crippen LogP contribution in [0.2, 0.25) is 0 Å². The number of ether oxygens (including phenoxy) is 2. The molecule has 0 fully saturated rings. The Morgan fingerprint density at radius 1 is 0.887 bits per heavy atom. The monoisotopic (exact) mass is 745 g/mol. The van der Waals surface area contributed by atoms with Crippen molar-refractivity contribution in [2.75, 3.05) is 30.1 Å². The number of hydrogen-bond donors (Lipinski definition) is 3. The van der Waals surface area contributed by atoms with Gasteiger partial charge in [-0.1, -0.05) is 72.8 Å². The van der Waals surface area contributed by atoms with Crippen molar-refractivity contribution in [3.05, 3.63) is 148 Å². The van der Waals surface area contributed by atoms with E-state index in [9.17, 15) is 19.2 Å². The van der Waals surface area contributed by atoms with Gasteiger partial charge in [0.1, 0.15) is 16.4 Å². The molecular formula is C42H39N3O6S2. The molecule has 1 aromatic heterocycles. The second-order valence-electron chi connectivity index (χ2n) is 12.2. The van der Waals surface area contributed by atoms with Crippen molar-refractivity contribution in [1.29, 1.82) is 0 Å². The van der Waals surface area contributed by atoms with Crippen LogP contribution in [-0.4, -0.2) is 43.2 Å². The molecule has 1 unspecified atom stereocenters. The van der Waals surface area contributed by atoms with Crippen molar-refractivity contribution in [3.63, 3.8) is 0 Å². The zero-order valence-corrected chi connectivity index (χ0v) is 31.0. The maximum atomic E-state index is 13.6. The topological polar surface area (TPSA) is 123 Å². The van der Waals surface area contributed by atoms with Gasteiger partial charge in [-0.3, -0.25) is 14.4 Å². The molecule has 1 aliphatic rings. The Morgan fingerprint density at radius 3 is 2.38 bits per heavy atom. The molecule has 0 spiro atoms. The molecule has 0 radical (unpaired) electrons. The largest absolute Gasteiger partial charge is 0.496 e. The SMILES string of the molecule is CCOC(=O)c1c(NC(=O)CSc2cccc(NC(=O)/C(=C\c3ccccc3OC)NC(=O)c3ccccc3)c2)sc2c1CCC(c1ccccc1)C2. The van der Waals surface area contributed by atoms with Gasteiger partial charge in [0.25, 0.3) is 11.8 Å². The van der Waals surface area contributed by atoms with Gasteiger partial charge in [-0.05, 0) is 85.7 Å². The van der Waals surface area contributed by atoms with Crippen molar-refractivity contribution < 1.29 is 28.7 Å². The van der Waals surface area contributed by atoms with Gasteiger partial charge in [-0.2, -0.15) is 0 Å². The predicted molar refractivity (Wildman–Crippen MR) is 211 cm³/mol. The average Bonchev–Trinajstić information content (AvgIpc) is 3.55. The van der Waals surface area contributed by atoms with Gasteiger partial charge in [-0.15, -0.1) is 23.1 Å². The molecule has 5 aromatic rings. The Labute approximate surface area is 316 Å². The second-order valence-corrected chi connectivity index (χ2v) is 14.4. The number of fused-ring (bicyclic) bond motifs is 1. The minimum absolute atomic E-state index is 0.0203. The summed E-state index contributed by atoms with van der Waals surface area (Å²) in [7, 11) is 1.53. The molecule has 3 amide bonds. The first kappa shape index (κ1) is 37.1. The highest BCUT2D eigenvalue weighted by Crippen LogP contribution is 2.43. The molecule has 9 nitrogen and oxygen atoms in total. The molecule has 3 N–H and O–H groups in total. The first-order chi connectivity index (χ1) is 25.8. The summed E-state index contributed by atoms with van der Waals surface area (Å²) < 4.78 is 10.9. The molecule has 4 aromatic carbocycles. The van der Waals surface area contributed by atoms with E-state index in [0.717, 1.165) is 34.6 Å². The Bertz CT molecular complexity index is 2130. The Kier molecular flexibility index (Phi) is 12.4. The lowest BCUT2D eigenvalue weighted by Gasteiger charge is -2.23. The van der Waals surface area contributed by atoms with E-state index in [1.54, 1.807) is 73.7 Å². The van der Waals surface area contributed by atoms with Crippen molar-refractivity contribution in [3.8, 4) is 5.75 Å². The van der Waals surface area contributed by atoms with Crippen LogP contribution in [0.4, 0.5) is 10.7 Å². The third-order valence-corrected chi connectivity index (χ3v) is 10.9. The number of carbonyl (C=O) groups is 4. The Balaban J connectivity index is 1.14. The van der Waals surface area contributed by atoms with Crippen molar-refractivity contribution in [2.45, 2.75) is 37.0 Å². The molecule has 11 heteroatoms. The van der Waals surface area contributed by atoms with Gasteiger partial charge in [0.05, 0.1) is 25.0 Å². The van der Waals surface area contributed by atoms with Crippen LogP contribution < -0.4 is 20.7 Å². The van der Waals surface area contributed by atoms with Gasteiger partial charge in [0.2, 0.25) is 5.91 Å². The molecule has 0 aliphatic heterocycles. The van der Waals surface area contributed by atoms with Gasteiger partial charge < -0.3 is 25.4 Å². The summed E-state index contributed by atoms with van der Waals surface area (Å²) >= 11 is 2.74. The summed E-state index contributed by atoms with van der Waals surface area (Å²) in [5, 5.41) is 9.12. The number of thiophene rings is 1. The van der Waals surface area contributed by atoms with Crippen molar-refractivity contribution >= 4 is 63.6 Å². The summed E-state index contributed by atoms with van der Waals surface area (Å²) in [4.78, 5) is 55.0. The van der Waals surface area contributed by atoms with Crippen LogP contribution in [-0.2, 0) is 27.2 Å². The molecule has 0 bridgehead atoms. The van der Waals surface area contributed by atoms with E-state index < -0.39 is 17.8 Å². The fraction of sp³-hybridized carbons (Fsp3) is 0.190. The predicted octanol–water partition coefficient (Wildman–Crippen LogP) is 8.35. The van der Waals surface area contributed by atoms with E-state index in [2.05, 4.69) is 28.1 Å². The maximum Gasteiger partial charge on any atom is 0.341 e. The smallest absolute Gasteiger partial charge is 0.341 e. The number of rotatable bonds is 13. The summed E-state index contributed by atoms with van der Waals surface area (Å²) in [5.41, 5.74) is 4.19. The normalized spacial score (nSPS) is 13.7. The van der Waals surface area contributed by atoms with E-state index in [4.69, 9.17) is 9.47 Å². The molecule has 1 heterocycles. The lowest BCUT2D eigenvalue weighted by Crippen LogP contribution is -2.30. The van der Waals surface area contributed by atoms with Crippen LogP contribution in [0.1, 0.15) is 61.5 Å². The highest BCUT2D eigenvalue weighted by molar-refractivity contribution is 8.00. The number of esters is 1. The summed E-state index contributed by atoms with van der Waals surface area (Å²) in [6.45, 7) is 2.01. The number of carbonyl (C=O) groups excluding carboxylic acids is 4. The van der Waals surface area contributed by atoms with Crippen LogP contribution in [0.5, 0.6) is 5.75 Å². The molecule has 0 saturated carbocycles. The standard InChI is InChI=1S/C42H39N3O6S2/c1-3-51-42(49)38-33-22-21-29(27-13-6-4-7-14-27)24-36(33)53-41(38)45-37(46)26-52-32-19-12-18-31(25-32)43-40(48)34(23-30-17-10-11-20-35(30)50-2)44-39(47)28-15-8-5-9-16-28/h4-20,23,25,29H,3,21-22,24,26H2,1-2H3,(H,43,48)(H,44,47)(H,45,46)/b34-23+. The number of methoxy groups -OCH3 is 1. The fourth-order valence-corrected chi connectivity index (χ4v) is 8.25. The van der Waals surface area contributed by atoms with Gasteiger partial charge in [-0.25, -0.2) is 4.79 Å². The minimum atomic E-state index is -0.539. The number of benzene rings is 4. The first-order valence-electron chi connectivity index (χ1n) is 17.2. The second kappa shape index (κ2) is 17.7. The van der Waals surface area contributed by atoms with Crippen LogP contribution in [0.3, 0.4) is 0 Å². The van der Waals surface area contributed by atoms with Crippen LogP contribution in [0, 0.1) is 0 Å². The minimum Gasteiger partial charge on any atom is -0.496 e. The van der Waals surface area contributed by atoms with E-state index in [1.165, 1.54) is 35.8 Å². The fourth-order valence-electron chi connectivity index (χ4n) is 6.16. The van der Waals surface area contributed by atoms with Crippen LogP contribution in [0.15, 0.2) is 120 Å². The summed E-state index contributed by atoms with van der Waals surface area (Å²) in [5.74, 6) is -0.712. The molecule has 53 heavy (non-hydrogen) atoms. The van der Waals surface area contributed by atoms with E-state index in [-0.39, 0.29) is 24.0 Å². The number of para-hydroxylation sites is 1. The number of amides is 3. The molecule has 1 atom stereocenters. The van der Waals surface area contributed by atoms with Gasteiger partial charge in [0, 0.05) is 26.6 Å². The third kappa shape index (κ3) is 9.43. The van der Waals surface area contributed by atoms with Crippen molar-refractivity contribution in [2.24, 2.45) is 0 Å². The van der Waals surface area contributed by atoms with Gasteiger partial charge >= 0.3 is 5.97 Å². The number of thioether (sulfide) groups is 1. The van der Waals surface area contributed by atoms with Crippen molar-refractivity contribution in [1.82, 2.24) is 5.32 Å². The molecular weight excluding hydrogens is 707 g/mol. The lowest BCUT2D eigenvalue weighted by molar-refractivity contribution is -0.114. The Morgan fingerprint density at radius 2 is 1.62 bits per heavy atom.